The number of Topliss-reactive ketones (excluding diaryl/α,β-unsaturated/α-hetero) is 1. The SMILES string of the molecule is COCOC(C)(C)C(C)C=CC(C)C1CCC2C(=O)CCCC21C. The van der Waals surface area contributed by atoms with E-state index in [1.54, 1.807) is 7.11 Å². The van der Waals surface area contributed by atoms with Crippen LogP contribution in [0.15, 0.2) is 12.2 Å². The summed E-state index contributed by atoms with van der Waals surface area (Å²) < 4.78 is 10.8. The van der Waals surface area contributed by atoms with Crippen molar-refractivity contribution in [1.29, 1.82) is 0 Å². The second-order valence-electron chi connectivity index (χ2n) is 8.75. The third-order valence-corrected chi connectivity index (χ3v) is 6.92. The minimum Gasteiger partial charge on any atom is -0.359 e. The van der Waals surface area contributed by atoms with Crippen LogP contribution in [-0.4, -0.2) is 25.3 Å². The fourth-order valence-corrected chi connectivity index (χ4v) is 4.88. The quantitative estimate of drug-likeness (QED) is 0.485. The Kier molecular flexibility index (Phi) is 6.30. The molecule has 24 heavy (non-hydrogen) atoms. The van der Waals surface area contributed by atoms with E-state index in [4.69, 9.17) is 9.47 Å². The van der Waals surface area contributed by atoms with Gasteiger partial charge in [-0.05, 0) is 56.8 Å². The third-order valence-electron chi connectivity index (χ3n) is 6.92. The van der Waals surface area contributed by atoms with Crippen LogP contribution in [0.4, 0.5) is 0 Å². The first kappa shape index (κ1) is 19.7. The highest BCUT2D eigenvalue weighted by atomic mass is 16.7. The van der Waals surface area contributed by atoms with Crippen LogP contribution in [0.1, 0.15) is 66.7 Å². The molecular weight excluding hydrogens is 300 g/mol. The Labute approximate surface area is 148 Å². The number of allylic oxidation sites excluding steroid dienone is 1. The highest BCUT2D eigenvalue weighted by Gasteiger charge is 2.51. The molecule has 0 aromatic heterocycles. The molecule has 2 aliphatic rings. The topological polar surface area (TPSA) is 35.5 Å². The molecule has 0 saturated heterocycles. The van der Waals surface area contributed by atoms with Crippen molar-refractivity contribution in [2.75, 3.05) is 13.9 Å². The maximum atomic E-state index is 12.3. The van der Waals surface area contributed by atoms with E-state index in [0.717, 1.165) is 19.3 Å². The van der Waals surface area contributed by atoms with Gasteiger partial charge in [-0.3, -0.25) is 4.79 Å². The first-order chi connectivity index (χ1) is 11.2. The van der Waals surface area contributed by atoms with Crippen LogP contribution in [0, 0.1) is 29.1 Å². The van der Waals surface area contributed by atoms with Crippen molar-refractivity contribution in [1.82, 2.24) is 0 Å². The third kappa shape index (κ3) is 3.94. The number of methoxy groups -OCH3 is 1. The maximum Gasteiger partial charge on any atom is 0.147 e. The highest BCUT2D eigenvalue weighted by molar-refractivity contribution is 5.83. The summed E-state index contributed by atoms with van der Waals surface area (Å²) >= 11 is 0. The molecule has 2 saturated carbocycles. The van der Waals surface area contributed by atoms with Gasteiger partial charge in [0, 0.05) is 25.4 Å². The molecule has 3 heteroatoms. The molecule has 0 radical (unpaired) electrons. The Hall–Kier alpha value is -0.670. The number of carbonyl (C=O) groups is 1. The van der Waals surface area contributed by atoms with Crippen molar-refractivity contribution < 1.29 is 14.3 Å². The molecule has 2 rings (SSSR count). The molecule has 2 fully saturated rings. The predicted octanol–water partition coefficient (Wildman–Crippen LogP) is 5.00. The molecule has 5 unspecified atom stereocenters. The first-order valence-electron chi connectivity index (χ1n) is 9.56. The summed E-state index contributed by atoms with van der Waals surface area (Å²) in [6.07, 6.45) is 10.0. The summed E-state index contributed by atoms with van der Waals surface area (Å²) in [5, 5.41) is 0. The molecular formula is C21H36O3. The minimum atomic E-state index is -0.241. The molecule has 0 aromatic carbocycles. The van der Waals surface area contributed by atoms with E-state index >= 15 is 0 Å². The van der Waals surface area contributed by atoms with Gasteiger partial charge in [-0.2, -0.15) is 0 Å². The first-order valence-corrected chi connectivity index (χ1v) is 9.56. The average molecular weight is 337 g/mol. The van der Waals surface area contributed by atoms with Crippen LogP contribution in [0.5, 0.6) is 0 Å². The average Bonchev–Trinajstić information content (AvgIpc) is 2.88. The summed E-state index contributed by atoms with van der Waals surface area (Å²) in [4.78, 5) is 12.3. The van der Waals surface area contributed by atoms with Gasteiger partial charge in [0.1, 0.15) is 12.6 Å². The lowest BCUT2D eigenvalue weighted by atomic mass is 9.62. The zero-order valence-corrected chi connectivity index (χ0v) is 16.4. The number of hydrogen-bond donors (Lipinski definition) is 0. The van der Waals surface area contributed by atoms with Crippen LogP contribution in [0.3, 0.4) is 0 Å². The number of rotatable bonds is 7. The molecule has 138 valence electrons. The van der Waals surface area contributed by atoms with E-state index in [1.807, 2.05) is 0 Å². The van der Waals surface area contributed by atoms with Crippen molar-refractivity contribution in [3.05, 3.63) is 12.2 Å². The Morgan fingerprint density at radius 3 is 2.67 bits per heavy atom. The highest BCUT2D eigenvalue weighted by Crippen LogP contribution is 2.56. The molecule has 0 bridgehead atoms. The molecule has 3 nitrogen and oxygen atoms in total. The number of ketones is 1. The number of hydrogen-bond acceptors (Lipinski definition) is 3. The molecule has 0 amide bonds. The smallest absolute Gasteiger partial charge is 0.147 e. The summed E-state index contributed by atoms with van der Waals surface area (Å²) in [7, 11) is 1.65. The van der Waals surface area contributed by atoms with Crippen LogP contribution in [0.2, 0.25) is 0 Å². The summed E-state index contributed by atoms with van der Waals surface area (Å²) in [6.45, 7) is 11.4. The molecule has 0 aliphatic heterocycles. The van der Waals surface area contributed by atoms with Crippen molar-refractivity contribution in [3.8, 4) is 0 Å². The fraction of sp³-hybridized carbons (Fsp3) is 0.857. The zero-order chi connectivity index (χ0) is 18.0. The predicted molar refractivity (Wildman–Crippen MR) is 97.7 cm³/mol. The van der Waals surface area contributed by atoms with Gasteiger partial charge < -0.3 is 9.47 Å². The van der Waals surface area contributed by atoms with Gasteiger partial charge in [-0.25, -0.2) is 0 Å². The van der Waals surface area contributed by atoms with Crippen LogP contribution >= 0.6 is 0 Å². The maximum absolute atomic E-state index is 12.3. The number of fused-ring (bicyclic) bond motifs is 1. The van der Waals surface area contributed by atoms with E-state index < -0.39 is 0 Å². The molecule has 0 aromatic rings. The largest absolute Gasteiger partial charge is 0.359 e. The molecule has 5 atom stereocenters. The summed E-state index contributed by atoms with van der Waals surface area (Å²) in [5.74, 6) is 2.27. The standard InChI is InChI=1S/C21H36O3/c1-15(9-10-16(2)20(3,4)24-14-23-6)17-11-12-18-19(22)8-7-13-21(17,18)5/h9-10,15-18H,7-8,11-14H2,1-6H3. The van der Waals surface area contributed by atoms with Gasteiger partial charge in [0.05, 0.1) is 5.60 Å². The van der Waals surface area contributed by atoms with Gasteiger partial charge in [0.15, 0.2) is 0 Å². The molecule has 0 N–H and O–H groups in total. The van der Waals surface area contributed by atoms with E-state index in [9.17, 15) is 4.79 Å². The Morgan fingerprint density at radius 1 is 1.29 bits per heavy atom. The van der Waals surface area contributed by atoms with Crippen molar-refractivity contribution in [2.24, 2.45) is 29.1 Å². The lowest BCUT2D eigenvalue weighted by Crippen LogP contribution is -2.39. The van der Waals surface area contributed by atoms with Gasteiger partial charge >= 0.3 is 0 Å². The zero-order valence-electron chi connectivity index (χ0n) is 16.4. The van der Waals surface area contributed by atoms with Crippen molar-refractivity contribution in [2.45, 2.75) is 72.3 Å². The van der Waals surface area contributed by atoms with Gasteiger partial charge in [-0.1, -0.05) is 32.9 Å². The Bertz CT molecular complexity index is 468. The monoisotopic (exact) mass is 336 g/mol. The Balaban J connectivity index is 2.01. The molecule has 2 aliphatic carbocycles. The van der Waals surface area contributed by atoms with Crippen LogP contribution in [0.25, 0.3) is 0 Å². The van der Waals surface area contributed by atoms with E-state index in [-0.39, 0.29) is 11.0 Å². The second-order valence-corrected chi connectivity index (χ2v) is 8.75. The number of carbonyl (C=O) groups excluding carboxylic acids is 1. The van der Waals surface area contributed by atoms with Gasteiger partial charge in [0.2, 0.25) is 0 Å². The van der Waals surface area contributed by atoms with E-state index in [1.165, 1.54) is 12.8 Å². The van der Waals surface area contributed by atoms with E-state index in [0.29, 0.717) is 36.2 Å². The second kappa shape index (κ2) is 7.70. The lowest BCUT2D eigenvalue weighted by molar-refractivity contribution is -0.129. The van der Waals surface area contributed by atoms with Crippen LogP contribution < -0.4 is 0 Å². The fourth-order valence-electron chi connectivity index (χ4n) is 4.88. The molecule has 0 spiro atoms. The lowest BCUT2D eigenvalue weighted by Gasteiger charge is -2.41. The number of ether oxygens (including phenoxy) is 2. The van der Waals surface area contributed by atoms with Gasteiger partial charge in [-0.15, -0.1) is 0 Å². The normalized spacial score (nSPS) is 33.7. The summed E-state index contributed by atoms with van der Waals surface area (Å²) in [5.41, 5.74) is -0.0282. The van der Waals surface area contributed by atoms with Gasteiger partial charge in [0.25, 0.3) is 0 Å². The molecule has 0 heterocycles. The minimum absolute atomic E-state index is 0.213. The van der Waals surface area contributed by atoms with Crippen molar-refractivity contribution in [3.63, 3.8) is 0 Å². The summed E-state index contributed by atoms with van der Waals surface area (Å²) in [6, 6.07) is 0. The Morgan fingerprint density at radius 2 is 2.00 bits per heavy atom. The van der Waals surface area contributed by atoms with Crippen LogP contribution in [-0.2, 0) is 14.3 Å². The van der Waals surface area contributed by atoms with Crippen molar-refractivity contribution >= 4 is 5.78 Å². The van der Waals surface area contributed by atoms with E-state index in [2.05, 4.69) is 46.8 Å².